The van der Waals surface area contributed by atoms with Gasteiger partial charge in [-0.3, -0.25) is 13.9 Å². The lowest BCUT2D eigenvalue weighted by Crippen LogP contribution is -2.36. The lowest BCUT2D eigenvalue weighted by atomic mass is 10.0. The van der Waals surface area contributed by atoms with Crippen molar-refractivity contribution in [3.05, 3.63) is 22.7 Å². The summed E-state index contributed by atoms with van der Waals surface area (Å²) in [6.45, 7) is 1.23. The lowest BCUT2D eigenvalue weighted by molar-refractivity contribution is -0.121. The van der Waals surface area contributed by atoms with Crippen molar-refractivity contribution in [1.82, 2.24) is 25.5 Å². The number of carbonyl (C=O) groups is 2. The number of urea groups is 1. The molecule has 3 aliphatic rings. The summed E-state index contributed by atoms with van der Waals surface area (Å²) in [6, 6.07) is 1.92. The van der Waals surface area contributed by atoms with E-state index in [1.165, 1.54) is 16.8 Å². The van der Waals surface area contributed by atoms with Crippen LogP contribution in [-0.4, -0.2) is 76.8 Å². The molecule has 5 atom stereocenters. The Hall–Kier alpha value is -2.12. The largest absolute Gasteiger partial charge is 0.383 e. The molecule has 1 aromatic heterocycles. The zero-order chi connectivity index (χ0) is 27.7. The fourth-order valence-corrected chi connectivity index (χ4v) is 7.79. The summed E-state index contributed by atoms with van der Waals surface area (Å²) in [6.07, 6.45) is 7.73. The minimum atomic E-state index is -3.30. The number of hydrogen-bond donors (Lipinski definition) is 4. The highest BCUT2D eigenvalue weighted by atomic mass is 32.2. The smallest absolute Gasteiger partial charge is 0.356 e. The first-order valence-electron chi connectivity index (χ1n) is 13.6. The fraction of sp³-hybridized carbons (Fsp3) is 0.750. The maximum absolute atomic E-state index is 12.7. The van der Waals surface area contributed by atoms with Crippen LogP contribution in [0, 0.1) is 0 Å². The van der Waals surface area contributed by atoms with Gasteiger partial charge in [0.25, 0.3) is 0 Å². The minimum absolute atomic E-state index is 0.0595. The van der Waals surface area contributed by atoms with Gasteiger partial charge in [0.2, 0.25) is 5.91 Å². The van der Waals surface area contributed by atoms with Crippen LogP contribution >= 0.6 is 19.4 Å². The number of nitrogens with one attached hydrogen (secondary N) is 3. The molecule has 3 amide bonds. The van der Waals surface area contributed by atoms with Crippen LogP contribution < -0.4 is 27.4 Å². The minimum Gasteiger partial charge on any atom is -0.383 e. The van der Waals surface area contributed by atoms with Gasteiger partial charge in [0.1, 0.15) is 18.3 Å². The molecule has 1 aromatic rings. The molecule has 5 N–H and O–H groups in total. The monoisotopic (exact) mass is 586 g/mol. The second-order valence-electron chi connectivity index (χ2n) is 10.1. The van der Waals surface area contributed by atoms with Crippen LogP contribution in [0.4, 0.5) is 10.6 Å². The number of ether oxygens (including phenoxy) is 1. The Labute approximate surface area is 232 Å². The fourth-order valence-electron chi connectivity index (χ4n) is 4.83. The third-order valence-corrected chi connectivity index (χ3v) is 10.1. The Morgan fingerprint density at radius 2 is 2.08 bits per heavy atom. The van der Waals surface area contributed by atoms with Crippen LogP contribution in [0.1, 0.15) is 51.4 Å². The summed E-state index contributed by atoms with van der Waals surface area (Å²) in [4.78, 5) is 39.0. The zero-order valence-electron chi connectivity index (χ0n) is 22.0. The standard InChI is InChI=1S/C24H39N6O7PS/c25-20-9-11-30(24(33)28-20)13-17-14-37-38(34,16-35-17)36-12-6-2-1-5-10-26-21(31)8-4-3-7-19-22-18(15-39-19)27-23(32)29-22/h9,11,17-19,22H,1-8,10,12-16H2,(H,26,31)(H2,25,28,33)(H2,27,29,32)/t17-,18-,19?,22-,38?/m0/s1. The van der Waals surface area contributed by atoms with E-state index in [0.29, 0.717) is 24.8 Å². The van der Waals surface area contributed by atoms with E-state index in [-0.39, 0.29) is 49.3 Å². The molecule has 0 bridgehead atoms. The van der Waals surface area contributed by atoms with E-state index >= 15 is 0 Å². The SMILES string of the molecule is Nc1ccn(C[C@H]2COP(=O)(OCCCCCCNC(=O)CCCCC3SC[C@@H]4NC(=O)N[C@H]34)CO2)c(=O)n1. The predicted molar refractivity (Wildman–Crippen MR) is 148 cm³/mol. The van der Waals surface area contributed by atoms with Crippen molar-refractivity contribution in [3.63, 3.8) is 0 Å². The molecule has 3 aliphatic heterocycles. The number of nitrogens with two attached hydrogens (primary N) is 1. The van der Waals surface area contributed by atoms with E-state index < -0.39 is 19.4 Å². The number of hydrogen-bond acceptors (Lipinski definition) is 10. The van der Waals surface area contributed by atoms with Crippen molar-refractivity contribution in [2.75, 3.05) is 37.6 Å². The van der Waals surface area contributed by atoms with Gasteiger partial charge in [-0.1, -0.05) is 19.3 Å². The van der Waals surface area contributed by atoms with Crippen molar-refractivity contribution in [1.29, 1.82) is 0 Å². The Morgan fingerprint density at radius 1 is 1.23 bits per heavy atom. The molecule has 15 heteroatoms. The molecule has 0 saturated carbocycles. The number of thioether (sulfide) groups is 1. The van der Waals surface area contributed by atoms with Crippen molar-refractivity contribution >= 4 is 37.1 Å². The molecule has 218 valence electrons. The van der Waals surface area contributed by atoms with Crippen molar-refractivity contribution in [3.8, 4) is 0 Å². The Kier molecular flexibility index (Phi) is 11.1. The predicted octanol–water partition coefficient (Wildman–Crippen LogP) is 1.81. The summed E-state index contributed by atoms with van der Waals surface area (Å²) in [5, 5.41) is 9.35. The van der Waals surface area contributed by atoms with E-state index in [9.17, 15) is 18.9 Å². The number of anilines is 1. The first kappa shape index (κ1) is 29.9. The Morgan fingerprint density at radius 3 is 2.87 bits per heavy atom. The van der Waals surface area contributed by atoms with Crippen molar-refractivity contribution < 1.29 is 27.9 Å². The van der Waals surface area contributed by atoms with Gasteiger partial charge in [0.15, 0.2) is 0 Å². The highest BCUT2D eigenvalue weighted by Crippen LogP contribution is 2.51. The van der Waals surface area contributed by atoms with Crippen LogP contribution in [0.2, 0.25) is 0 Å². The summed E-state index contributed by atoms with van der Waals surface area (Å²) in [7, 11) is -3.30. The van der Waals surface area contributed by atoms with Gasteiger partial charge in [-0.2, -0.15) is 16.7 Å². The molecule has 0 aromatic carbocycles. The van der Waals surface area contributed by atoms with E-state index in [2.05, 4.69) is 20.9 Å². The molecule has 4 heterocycles. The second-order valence-corrected chi connectivity index (χ2v) is 13.3. The molecule has 0 aliphatic carbocycles. The Balaban J connectivity index is 0.962. The molecule has 0 spiro atoms. The number of fused-ring (bicyclic) bond motifs is 1. The average Bonchev–Trinajstić information content (AvgIpc) is 3.45. The highest BCUT2D eigenvalue weighted by Gasteiger charge is 2.42. The van der Waals surface area contributed by atoms with Gasteiger partial charge >= 0.3 is 19.3 Å². The third kappa shape index (κ3) is 9.21. The summed E-state index contributed by atoms with van der Waals surface area (Å²) in [5.41, 5.74) is 5.01. The van der Waals surface area contributed by atoms with Crippen LogP contribution in [0.3, 0.4) is 0 Å². The average molecular weight is 587 g/mol. The van der Waals surface area contributed by atoms with E-state index in [1.54, 1.807) is 0 Å². The normalized spacial score (nSPS) is 28.1. The quantitative estimate of drug-likeness (QED) is 0.135. The Bertz CT molecular complexity index is 1080. The maximum atomic E-state index is 12.7. The van der Waals surface area contributed by atoms with Crippen LogP contribution in [0.25, 0.3) is 0 Å². The van der Waals surface area contributed by atoms with Gasteiger partial charge in [-0.15, -0.1) is 0 Å². The number of rotatable bonds is 15. The van der Waals surface area contributed by atoms with Crippen molar-refractivity contribution in [2.45, 2.75) is 81.3 Å². The molecule has 4 rings (SSSR count). The maximum Gasteiger partial charge on any atom is 0.356 e. The molecule has 0 radical (unpaired) electrons. The van der Waals surface area contributed by atoms with Crippen molar-refractivity contribution in [2.24, 2.45) is 0 Å². The second kappa shape index (κ2) is 14.5. The lowest BCUT2D eigenvalue weighted by Gasteiger charge is -2.29. The molecular formula is C24H39N6O7PS. The van der Waals surface area contributed by atoms with E-state index in [4.69, 9.17) is 19.5 Å². The van der Waals surface area contributed by atoms with Gasteiger partial charge in [-0.05, 0) is 31.7 Å². The summed E-state index contributed by atoms with van der Waals surface area (Å²) in [5.74, 6) is 1.19. The molecular weight excluding hydrogens is 547 g/mol. The first-order valence-corrected chi connectivity index (χ1v) is 16.4. The number of aromatic nitrogens is 2. The molecule has 13 nitrogen and oxygen atoms in total. The molecule has 2 unspecified atom stereocenters. The highest BCUT2D eigenvalue weighted by molar-refractivity contribution is 8.00. The third-order valence-electron chi connectivity index (χ3n) is 6.98. The summed E-state index contributed by atoms with van der Waals surface area (Å²) < 4.78 is 30.6. The van der Waals surface area contributed by atoms with Gasteiger partial charge in [0.05, 0.1) is 31.8 Å². The topological polar surface area (TPSA) is 176 Å². The van der Waals surface area contributed by atoms with Gasteiger partial charge in [-0.25, -0.2) is 9.59 Å². The molecule has 3 fully saturated rings. The van der Waals surface area contributed by atoms with E-state index in [0.717, 1.165) is 50.7 Å². The van der Waals surface area contributed by atoms with Crippen LogP contribution in [0.15, 0.2) is 17.1 Å². The number of nitrogens with zero attached hydrogens (tertiary/aromatic N) is 2. The van der Waals surface area contributed by atoms with Crippen LogP contribution in [-0.2, 0) is 29.7 Å². The van der Waals surface area contributed by atoms with Gasteiger partial charge < -0.3 is 35.5 Å². The number of amides is 3. The number of carbonyl (C=O) groups excluding carboxylic acids is 2. The van der Waals surface area contributed by atoms with E-state index in [1.807, 2.05) is 11.8 Å². The molecule has 3 saturated heterocycles. The summed E-state index contributed by atoms with van der Waals surface area (Å²) >= 11 is 1.90. The molecule has 39 heavy (non-hydrogen) atoms. The number of unbranched alkanes of at least 4 members (excludes halogenated alkanes) is 4. The van der Waals surface area contributed by atoms with Crippen LogP contribution in [0.5, 0.6) is 0 Å². The first-order chi connectivity index (χ1) is 18.8. The van der Waals surface area contributed by atoms with Gasteiger partial charge in [0, 0.05) is 30.2 Å². The number of nitrogen functional groups attached to an aromatic ring is 1. The zero-order valence-corrected chi connectivity index (χ0v) is 23.8.